The van der Waals surface area contributed by atoms with Crippen molar-refractivity contribution in [1.29, 1.82) is 0 Å². The van der Waals surface area contributed by atoms with Crippen molar-refractivity contribution in [2.45, 2.75) is 33.6 Å². The van der Waals surface area contributed by atoms with E-state index in [2.05, 4.69) is 50.4 Å². The summed E-state index contributed by atoms with van der Waals surface area (Å²) in [5.74, 6) is 1.77. The Balaban J connectivity index is 2.01. The lowest BCUT2D eigenvalue weighted by atomic mass is 10.0. The molecule has 0 atom stereocenters. The van der Waals surface area contributed by atoms with Crippen molar-refractivity contribution >= 4 is 6.08 Å². The van der Waals surface area contributed by atoms with Gasteiger partial charge in [-0.3, -0.25) is 0 Å². The van der Waals surface area contributed by atoms with Crippen molar-refractivity contribution in [2.75, 3.05) is 19.7 Å². The van der Waals surface area contributed by atoms with Gasteiger partial charge in [-0.15, -0.1) is 0 Å². The molecule has 1 aliphatic heterocycles. The summed E-state index contributed by atoms with van der Waals surface area (Å²) >= 11 is 0. The lowest BCUT2D eigenvalue weighted by Gasteiger charge is -2.10. The highest BCUT2D eigenvalue weighted by atomic mass is 16.5. The van der Waals surface area contributed by atoms with E-state index in [4.69, 9.17) is 4.74 Å². The minimum atomic E-state index is 0.704. The molecule has 2 heteroatoms. The molecule has 1 aromatic carbocycles. The first-order valence-corrected chi connectivity index (χ1v) is 7.35. The molecule has 0 bridgehead atoms. The van der Waals surface area contributed by atoms with E-state index in [0.717, 1.165) is 38.3 Å². The molecule has 0 radical (unpaired) electrons. The summed E-state index contributed by atoms with van der Waals surface area (Å²) in [6.07, 6.45) is 4.45. The number of benzene rings is 1. The van der Waals surface area contributed by atoms with Gasteiger partial charge in [0, 0.05) is 13.0 Å². The van der Waals surface area contributed by atoms with Crippen LogP contribution in [0.4, 0.5) is 0 Å². The fourth-order valence-electron chi connectivity index (χ4n) is 2.33. The highest BCUT2D eigenvalue weighted by Gasteiger charge is 2.11. The van der Waals surface area contributed by atoms with Crippen LogP contribution >= 0.6 is 0 Å². The number of ether oxygens (including phenoxy) is 1. The third-order valence-corrected chi connectivity index (χ3v) is 3.44. The average molecular weight is 259 g/mol. The van der Waals surface area contributed by atoms with E-state index in [1.807, 2.05) is 0 Å². The molecule has 0 spiro atoms. The summed E-state index contributed by atoms with van der Waals surface area (Å²) in [4.78, 5) is 0. The van der Waals surface area contributed by atoms with Gasteiger partial charge in [0.25, 0.3) is 0 Å². The molecule has 2 rings (SSSR count). The van der Waals surface area contributed by atoms with Gasteiger partial charge in [0.2, 0.25) is 0 Å². The van der Waals surface area contributed by atoms with E-state index in [0.29, 0.717) is 5.92 Å². The Morgan fingerprint density at radius 2 is 2.26 bits per heavy atom. The second-order valence-electron chi connectivity index (χ2n) is 5.65. The van der Waals surface area contributed by atoms with Crippen LogP contribution < -0.4 is 10.1 Å². The second-order valence-corrected chi connectivity index (χ2v) is 5.65. The van der Waals surface area contributed by atoms with E-state index in [1.54, 1.807) is 0 Å². The van der Waals surface area contributed by atoms with Gasteiger partial charge in [-0.1, -0.05) is 38.5 Å². The van der Waals surface area contributed by atoms with Gasteiger partial charge in [-0.05, 0) is 42.1 Å². The third-order valence-electron chi connectivity index (χ3n) is 3.44. The van der Waals surface area contributed by atoms with Gasteiger partial charge < -0.3 is 10.1 Å². The number of hydrogen-bond acceptors (Lipinski definition) is 2. The zero-order valence-corrected chi connectivity index (χ0v) is 12.3. The Hall–Kier alpha value is -1.28. The lowest BCUT2D eigenvalue weighted by Crippen LogP contribution is -2.21. The SMILES string of the molecule is CCC(=Cc1ccc2c(c1)CCO2)CNCC(C)C. The van der Waals surface area contributed by atoms with Crippen LogP contribution in [0.3, 0.4) is 0 Å². The summed E-state index contributed by atoms with van der Waals surface area (Å²) in [5, 5.41) is 3.52. The molecule has 104 valence electrons. The van der Waals surface area contributed by atoms with Crippen molar-refractivity contribution in [3.05, 3.63) is 34.9 Å². The number of nitrogens with one attached hydrogen (secondary N) is 1. The lowest BCUT2D eigenvalue weighted by molar-refractivity contribution is 0.357. The zero-order chi connectivity index (χ0) is 13.7. The molecule has 0 fully saturated rings. The van der Waals surface area contributed by atoms with E-state index >= 15 is 0 Å². The van der Waals surface area contributed by atoms with E-state index < -0.39 is 0 Å². The fourth-order valence-corrected chi connectivity index (χ4v) is 2.33. The predicted octanol–water partition coefficient (Wildman–Crippen LogP) is 3.66. The highest BCUT2D eigenvalue weighted by molar-refractivity contribution is 5.57. The van der Waals surface area contributed by atoms with Crippen molar-refractivity contribution in [3.8, 4) is 5.75 Å². The number of rotatable bonds is 6. The van der Waals surface area contributed by atoms with Crippen LogP contribution in [0.5, 0.6) is 5.75 Å². The second kappa shape index (κ2) is 6.76. The Morgan fingerprint density at radius 3 is 3.00 bits per heavy atom. The van der Waals surface area contributed by atoms with Crippen LogP contribution in [0.1, 0.15) is 38.3 Å². The first kappa shape index (κ1) is 14.1. The summed E-state index contributed by atoms with van der Waals surface area (Å²) in [6, 6.07) is 6.52. The molecule has 0 aliphatic carbocycles. The van der Waals surface area contributed by atoms with Crippen molar-refractivity contribution < 1.29 is 4.74 Å². The van der Waals surface area contributed by atoms with Gasteiger partial charge in [0.1, 0.15) is 5.75 Å². The third kappa shape index (κ3) is 4.10. The predicted molar refractivity (Wildman–Crippen MR) is 81.6 cm³/mol. The molecule has 1 aromatic rings. The van der Waals surface area contributed by atoms with Crippen molar-refractivity contribution in [2.24, 2.45) is 5.92 Å². The molecule has 19 heavy (non-hydrogen) atoms. The van der Waals surface area contributed by atoms with Crippen LogP contribution in [0, 0.1) is 5.92 Å². The maximum atomic E-state index is 5.54. The Morgan fingerprint density at radius 1 is 1.42 bits per heavy atom. The van der Waals surface area contributed by atoms with Gasteiger partial charge in [-0.2, -0.15) is 0 Å². The van der Waals surface area contributed by atoms with Crippen molar-refractivity contribution in [1.82, 2.24) is 5.32 Å². The van der Waals surface area contributed by atoms with Crippen LogP contribution in [-0.2, 0) is 6.42 Å². The van der Waals surface area contributed by atoms with Gasteiger partial charge in [0.15, 0.2) is 0 Å². The number of fused-ring (bicyclic) bond motifs is 1. The van der Waals surface area contributed by atoms with Gasteiger partial charge in [0.05, 0.1) is 6.61 Å². The fraction of sp³-hybridized carbons (Fsp3) is 0.529. The van der Waals surface area contributed by atoms with Crippen molar-refractivity contribution in [3.63, 3.8) is 0 Å². The van der Waals surface area contributed by atoms with Crippen LogP contribution in [-0.4, -0.2) is 19.7 Å². The monoisotopic (exact) mass is 259 g/mol. The van der Waals surface area contributed by atoms with Gasteiger partial charge >= 0.3 is 0 Å². The Labute approximate surface area is 116 Å². The van der Waals surface area contributed by atoms with E-state index in [1.165, 1.54) is 16.7 Å². The smallest absolute Gasteiger partial charge is 0.122 e. The largest absolute Gasteiger partial charge is 0.493 e. The van der Waals surface area contributed by atoms with Crippen LogP contribution in [0.25, 0.3) is 6.08 Å². The quantitative estimate of drug-likeness (QED) is 0.842. The Bertz CT molecular complexity index is 449. The van der Waals surface area contributed by atoms with Crippen LogP contribution in [0.2, 0.25) is 0 Å². The summed E-state index contributed by atoms with van der Waals surface area (Å²) < 4.78 is 5.54. The number of hydrogen-bond donors (Lipinski definition) is 1. The highest BCUT2D eigenvalue weighted by Crippen LogP contribution is 2.26. The molecule has 0 saturated heterocycles. The maximum Gasteiger partial charge on any atom is 0.122 e. The van der Waals surface area contributed by atoms with Crippen LogP contribution in [0.15, 0.2) is 23.8 Å². The maximum absolute atomic E-state index is 5.54. The summed E-state index contributed by atoms with van der Waals surface area (Å²) in [6.45, 7) is 9.60. The average Bonchev–Trinajstić information content (AvgIpc) is 2.84. The molecule has 0 aromatic heterocycles. The Kier molecular flexibility index (Phi) is 5.03. The minimum absolute atomic E-state index is 0.704. The molecular formula is C17H25NO. The summed E-state index contributed by atoms with van der Waals surface area (Å²) in [7, 11) is 0. The molecule has 0 amide bonds. The molecule has 1 N–H and O–H groups in total. The molecule has 1 heterocycles. The molecule has 0 saturated carbocycles. The summed E-state index contributed by atoms with van der Waals surface area (Å²) in [5.41, 5.74) is 4.10. The first-order valence-electron chi connectivity index (χ1n) is 7.35. The molecule has 2 nitrogen and oxygen atoms in total. The molecular weight excluding hydrogens is 234 g/mol. The molecule has 1 aliphatic rings. The molecule has 0 unspecified atom stereocenters. The minimum Gasteiger partial charge on any atom is -0.493 e. The zero-order valence-electron chi connectivity index (χ0n) is 12.3. The first-order chi connectivity index (χ1) is 9.19. The normalized spacial score (nSPS) is 14.6. The topological polar surface area (TPSA) is 21.3 Å². The van der Waals surface area contributed by atoms with E-state index in [-0.39, 0.29) is 0 Å². The van der Waals surface area contributed by atoms with E-state index in [9.17, 15) is 0 Å². The standard InChI is InChI=1S/C17H25NO/c1-4-14(12-18-11-13(2)3)9-15-5-6-17-16(10-15)7-8-19-17/h5-6,9-10,13,18H,4,7-8,11-12H2,1-3H3. The van der Waals surface area contributed by atoms with Gasteiger partial charge in [-0.25, -0.2) is 0 Å².